The van der Waals surface area contributed by atoms with E-state index in [-0.39, 0.29) is 35.5 Å². The van der Waals surface area contributed by atoms with E-state index < -0.39 is 45.2 Å². The Morgan fingerprint density at radius 1 is 0.973 bits per heavy atom. The molecule has 2 aliphatic carbocycles. The molecule has 0 radical (unpaired) electrons. The van der Waals surface area contributed by atoms with Gasteiger partial charge in [-0.25, -0.2) is 0 Å². The molecule has 1 N–H and O–H groups in total. The molecule has 9 nitrogen and oxygen atoms in total. The van der Waals surface area contributed by atoms with Gasteiger partial charge in [0.1, 0.15) is 0 Å². The normalized spacial score (nSPS) is 35.0. The van der Waals surface area contributed by atoms with Crippen LogP contribution in [-0.2, 0) is 19.2 Å². The standard InChI is InChI=1S/C26H26Cl2N2O7/c1-29-21(32)14-7-6-13-15(19(14)22(29)33)11-25(27)23(34)30(2)24(35)26(25,28)16(13)8-5-12-9-17(36-3)20(31)18(10-12)37-4/h5-6,8-10,14-16,19,31H,7,11H2,1-4H3. The second-order valence-electron chi connectivity index (χ2n) is 9.91. The SMILES string of the molecule is COc1cc(C=CC2C3=CCC4C(=O)N(C)C(=O)C4C3CC3(Cl)C(=O)N(C)C(=O)C23Cl)cc(OC)c1O. The van der Waals surface area contributed by atoms with Gasteiger partial charge in [-0.3, -0.25) is 29.0 Å². The largest absolute Gasteiger partial charge is 0.502 e. The smallest absolute Gasteiger partial charge is 0.253 e. The highest BCUT2D eigenvalue weighted by Gasteiger charge is 2.75. The molecule has 1 aromatic carbocycles. The minimum absolute atomic E-state index is 0.0436. The number of halogens is 2. The van der Waals surface area contributed by atoms with Gasteiger partial charge in [0.2, 0.25) is 17.6 Å². The summed E-state index contributed by atoms with van der Waals surface area (Å²) in [5.41, 5.74) is 1.27. The first-order valence-electron chi connectivity index (χ1n) is 11.8. The van der Waals surface area contributed by atoms with E-state index in [1.807, 2.05) is 6.08 Å². The molecule has 4 aliphatic rings. The van der Waals surface area contributed by atoms with Crippen molar-refractivity contribution in [3.63, 3.8) is 0 Å². The average molecular weight is 549 g/mol. The molecule has 2 saturated heterocycles. The lowest BCUT2D eigenvalue weighted by Gasteiger charge is -2.49. The first-order valence-corrected chi connectivity index (χ1v) is 12.5. The van der Waals surface area contributed by atoms with Crippen LogP contribution in [0.4, 0.5) is 0 Å². The lowest BCUT2D eigenvalue weighted by atomic mass is 9.57. The number of fused-ring (bicyclic) bond motifs is 4. The second kappa shape index (κ2) is 8.49. The molecule has 37 heavy (non-hydrogen) atoms. The molecule has 2 aliphatic heterocycles. The van der Waals surface area contributed by atoms with Crippen LogP contribution in [0.5, 0.6) is 17.2 Å². The topological polar surface area (TPSA) is 113 Å². The molecule has 11 heteroatoms. The molecule has 4 amide bonds. The number of imide groups is 2. The number of hydrogen-bond acceptors (Lipinski definition) is 7. The van der Waals surface area contributed by atoms with Gasteiger partial charge >= 0.3 is 0 Å². The first kappa shape index (κ1) is 25.6. The van der Waals surface area contributed by atoms with Gasteiger partial charge in [0.05, 0.1) is 26.1 Å². The average Bonchev–Trinajstić information content (AvgIpc) is 3.18. The summed E-state index contributed by atoms with van der Waals surface area (Å²) in [6.45, 7) is 0. The zero-order chi connectivity index (χ0) is 27.0. The lowest BCUT2D eigenvalue weighted by molar-refractivity contribution is -0.140. The number of allylic oxidation sites excluding steroid dienone is 3. The molecule has 3 fully saturated rings. The number of carbonyl (C=O) groups is 4. The predicted octanol–water partition coefficient (Wildman–Crippen LogP) is 2.57. The lowest BCUT2D eigenvalue weighted by Crippen LogP contribution is -2.60. The fourth-order valence-corrected chi connectivity index (χ4v) is 7.34. The number of benzene rings is 1. The summed E-state index contributed by atoms with van der Waals surface area (Å²) < 4.78 is 10.5. The highest BCUT2D eigenvalue weighted by molar-refractivity contribution is 6.53. The molecule has 5 rings (SSSR count). The second-order valence-corrected chi connectivity index (χ2v) is 11.2. The fourth-order valence-electron chi connectivity index (χ4n) is 6.37. The molecule has 196 valence electrons. The van der Waals surface area contributed by atoms with Gasteiger partial charge in [0.25, 0.3) is 11.8 Å². The van der Waals surface area contributed by atoms with Crippen LogP contribution >= 0.6 is 23.2 Å². The molecular weight excluding hydrogens is 523 g/mol. The number of carbonyl (C=O) groups excluding carboxylic acids is 4. The Morgan fingerprint density at radius 2 is 1.59 bits per heavy atom. The van der Waals surface area contributed by atoms with Gasteiger partial charge in [0.15, 0.2) is 21.2 Å². The van der Waals surface area contributed by atoms with Crippen molar-refractivity contribution in [1.29, 1.82) is 0 Å². The van der Waals surface area contributed by atoms with E-state index in [1.54, 1.807) is 24.3 Å². The van der Waals surface area contributed by atoms with Crippen molar-refractivity contribution in [2.45, 2.75) is 22.6 Å². The Hall–Kier alpha value is -3.04. The van der Waals surface area contributed by atoms with Gasteiger partial charge in [-0.2, -0.15) is 0 Å². The minimum atomic E-state index is -1.84. The van der Waals surface area contributed by atoms with Gasteiger partial charge in [-0.05, 0) is 36.5 Å². The highest BCUT2D eigenvalue weighted by Crippen LogP contribution is 2.62. The van der Waals surface area contributed by atoms with Gasteiger partial charge in [-0.15, -0.1) is 23.2 Å². The number of rotatable bonds is 4. The Kier molecular flexibility index (Phi) is 5.88. The van der Waals surface area contributed by atoms with Crippen LogP contribution in [0.3, 0.4) is 0 Å². The number of aromatic hydroxyl groups is 1. The number of likely N-dealkylation sites (tertiary alicyclic amines) is 2. The van der Waals surface area contributed by atoms with E-state index in [0.717, 1.165) is 9.80 Å². The summed E-state index contributed by atoms with van der Waals surface area (Å²) in [5.74, 6) is -4.30. The van der Waals surface area contributed by atoms with Crippen LogP contribution in [0.25, 0.3) is 6.08 Å². The maximum atomic E-state index is 13.4. The van der Waals surface area contributed by atoms with Crippen LogP contribution in [0, 0.1) is 23.7 Å². The van der Waals surface area contributed by atoms with Crippen molar-refractivity contribution < 1.29 is 33.8 Å². The van der Waals surface area contributed by atoms with Gasteiger partial charge < -0.3 is 14.6 Å². The molecular formula is C26H26Cl2N2O7. The van der Waals surface area contributed by atoms with Gasteiger partial charge in [0, 0.05) is 20.0 Å². The maximum absolute atomic E-state index is 13.4. The Balaban J connectivity index is 1.66. The van der Waals surface area contributed by atoms with E-state index in [1.165, 1.54) is 28.3 Å². The van der Waals surface area contributed by atoms with Crippen LogP contribution < -0.4 is 9.47 Å². The summed E-state index contributed by atoms with van der Waals surface area (Å²) in [7, 11) is 5.60. The third-order valence-corrected chi connectivity index (χ3v) is 9.70. The van der Waals surface area contributed by atoms with Crippen LogP contribution in [0.1, 0.15) is 18.4 Å². The number of methoxy groups -OCH3 is 2. The quantitative estimate of drug-likeness (QED) is 0.349. The molecule has 1 aromatic rings. The maximum Gasteiger partial charge on any atom is 0.253 e. The molecule has 0 aromatic heterocycles. The third kappa shape index (κ3) is 3.23. The van der Waals surface area contributed by atoms with Crippen molar-refractivity contribution in [1.82, 2.24) is 9.80 Å². The molecule has 2 heterocycles. The summed E-state index contributed by atoms with van der Waals surface area (Å²) >= 11 is 14.1. The summed E-state index contributed by atoms with van der Waals surface area (Å²) in [6.07, 6.45) is 5.49. The minimum Gasteiger partial charge on any atom is -0.502 e. The molecule has 0 bridgehead atoms. The first-order chi connectivity index (χ1) is 17.4. The van der Waals surface area contributed by atoms with Crippen molar-refractivity contribution in [2.24, 2.45) is 23.7 Å². The van der Waals surface area contributed by atoms with Gasteiger partial charge in [-0.1, -0.05) is 23.8 Å². The summed E-state index contributed by atoms with van der Waals surface area (Å²) in [5, 5.41) is 10.3. The van der Waals surface area contributed by atoms with Crippen molar-refractivity contribution in [3.8, 4) is 17.2 Å². The molecule has 1 saturated carbocycles. The molecule has 0 spiro atoms. The van der Waals surface area contributed by atoms with E-state index in [4.69, 9.17) is 32.7 Å². The predicted molar refractivity (Wildman–Crippen MR) is 134 cm³/mol. The number of amides is 4. The highest BCUT2D eigenvalue weighted by atomic mass is 35.5. The summed E-state index contributed by atoms with van der Waals surface area (Å²) in [6, 6.07) is 3.16. The van der Waals surface area contributed by atoms with Crippen LogP contribution in [0.2, 0.25) is 0 Å². The Bertz CT molecular complexity index is 1280. The monoisotopic (exact) mass is 548 g/mol. The number of hydrogen-bond donors (Lipinski definition) is 1. The Morgan fingerprint density at radius 3 is 2.19 bits per heavy atom. The number of phenols is 1. The zero-order valence-electron chi connectivity index (χ0n) is 20.7. The fraction of sp³-hybridized carbons (Fsp3) is 0.462. The molecule has 6 atom stereocenters. The van der Waals surface area contributed by atoms with Crippen molar-refractivity contribution in [3.05, 3.63) is 35.4 Å². The van der Waals surface area contributed by atoms with Crippen molar-refractivity contribution >= 4 is 52.9 Å². The summed E-state index contributed by atoms with van der Waals surface area (Å²) in [4.78, 5) is 51.0. The molecule has 6 unspecified atom stereocenters. The Labute approximate surface area is 223 Å². The van der Waals surface area contributed by atoms with Crippen LogP contribution in [0.15, 0.2) is 29.9 Å². The number of alkyl halides is 2. The number of nitrogens with zero attached hydrogens (tertiary/aromatic N) is 2. The van der Waals surface area contributed by atoms with E-state index in [9.17, 15) is 24.3 Å². The van der Waals surface area contributed by atoms with E-state index in [0.29, 0.717) is 17.6 Å². The zero-order valence-corrected chi connectivity index (χ0v) is 22.2. The van der Waals surface area contributed by atoms with E-state index in [2.05, 4.69) is 0 Å². The van der Waals surface area contributed by atoms with Crippen LogP contribution in [-0.4, -0.2) is 76.6 Å². The number of phenolic OH excluding ortho intramolecular Hbond substituents is 1. The van der Waals surface area contributed by atoms with E-state index >= 15 is 0 Å². The third-order valence-electron chi connectivity index (χ3n) is 8.27. The van der Waals surface area contributed by atoms with Crippen molar-refractivity contribution in [2.75, 3.05) is 28.3 Å². The number of ether oxygens (including phenoxy) is 2.